The third kappa shape index (κ3) is 3.99. The van der Waals surface area contributed by atoms with Crippen LogP contribution >= 0.6 is 15.9 Å². The first-order chi connectivity index (χ1) is 14.3. The van der Waals surface area contributed by atoms with E-state index in [0.717, 1.165) is 25.7 Å². The van der Waals surface area contributed by atoms with Crippen LogP contribution in [-0.4, -0.2) is 36.6 Å². The molecule has 170 valence electrons. The van der Waals surface area contributed by atoms with E-state index in [1.165, 1.54) is 7.11 Å². The zero-order valence-electron chi connectivity index (χ0n) is 18.9. The van der Waals surface area contributed by atoms with Crippen molar-refractivity contribution in [3.8, 4) is 11.5 Å². The molecule has 0 bridgehead atoms. The number of amides is 1. The maximum Gasteiger partial charge on any atom is 0.407 e. The topological polar surface area (TPSA) is 83.1 Å². The van der Waals surface area contributed by atoms with E-state index in [1.807, 2.05) is 34.6 Å². The molecule has 1 aromatic carbocycles. The number of hydrogen-bond donors (Lipinski definition) is 1. The van der Waals surface area contributed by atoms with Crippen LogP contribution in [0.1, 0.15) is 69.3 Å². The molecule has 1 heterocycles. The lowest BCUT2D eigenvalue weighted by Gasteiger charge is -2.59. The summed E-state index contributed by atoms with van der Waals surface area (Å²) in [5.74, 6) is 0.274. The van der Waals surface area contributed by atoms with Crippen molar-refractivity contribution in [3.63, 3.8) is 0 Å². The highest BCUT2D eigenvalue weighted by molar-refractivity contribution is 9.10. The first kappa shape index (κ1) is 22.2. The van der Waals surface area contributed by atoms with Crippen molar-refractivity contribution < 1.29 is 28.5 Å². The van der Waals surface area contributed by atoms with Gasteiger partial charge in [-0.05, 0) is 80.8 Å². The highest BCUT2D eigenvalue weighted by atomic mass is 79.9. The first-order valence-electron chi connectivity index (χ1n) is 10.6. The van der Waals surface area contributed by atoms with Gasteiger partial charge in [0.25, 0.3) is 5.79 Å². The van der Waals surface area contributed by atoms with Crippen molar-refractivity contribution in [1.82, 2.24) is 5.32 Å². The number of hydrogen-bond acceptors (Lipinski definition) is 6. The molecular weight excluding hydrogens is 466 g/mol. The van der Waals surface area contributed by atoms with Gasteiger partial charge < -0.3 is 24.3 Å². The molecule has 0 saturated heterocycles. The molecule has 31 heavy (non-hydrogen) atoms. The van der Waals surface area contributed by atoms with Gasteiger partial charge in [0.1, 0.15) is 5.60 Å². The standard InChI is InChI=1S/C23H30BrNO6/c1-12-15(19(26)28-6)7-16(24)18-17(12)29-22(5,30-18)13-8-23(9-13)10-14(11-23)25-20(27)31-21(2,3)4/h7,13-14H,8-11H2,1-6H3,(H,25,27). The molecule has 0 radical (unpaired) electrons. The maximum atomic E-state index is 12.1. The van der Waals surface area contributed by atoms with Crippen LogP contribution in [0.2, 0.25) is 0 Å². The van der Waals surface area contributed by atoms with E-state index in [1.54, 1.807) is 6.07 Å². The van der Waals surface area contributed by atoms with Crippen LogP contribution < -0.4 is 14.8 Å². The highest BCUT2D eigenvalue weighted by Gasteiger charge is 2.61. The summed E-state index contributed by atoms with van der Waals surface area (Å²) < 4.78 is 23.5. The van der Waals surface area contributed by atoms with Gasteiger partial charge in [-0.1, -0.05) is 0 Å². The lowest BCUT2D eigenvalue weighted by atomic mass is 9.48. The molecule has 2 fully saturated rings. The lowest BCUT2D eigenvalue weighted by molar-refractivity contribution is -0.191. The zero-order valence-corrected chi connectivity index (χ0v) is 20.5. The van der Waals surface area contributed by atoms with Gasteiger partial charge in [0.2, 0.25) is 0 Å². The fourth-order valence-electron chi connectivity index (χ4n) is 5.09. The molecule has 8 heteroatoms. The predicted molar refractivity (Wildman–Crippen MR) is 117 cm³/mol. The Balaban J connectivity index is 1.36. The van der Waals surface area contributed by atoms with Gasteiger partial charge in [-0.15, -0.1) is 0 Å². The summed E-state index contributed by atoms with van der Waals surface area (Å²) in [6.07, 6.45) is 3.49. The Morgan fingerprint density at radius 1 is 1.16 bits per heavy atom. The molecule has 3 aliphatic rings. The average molecular weight is 496 g/mol. The molecule has 1 unspecified atom stereocenters. The van der Waals surface area contributed by atoms with Crippen LogP contribution in [0.25, 0.3) is 0 Å². The number of rotatable bonds is 3. The van der Waals surface area contributed by atoms with E-state index in [4.69, 9.17) is 18.9 Å². The van der Waals surface area contributed by atoms with Gasteiger partial charge in [0.15, 0.2) is 11.5 Å². The van der Waals surface area contributed by atoms with E-state index in [-0.39, 0.29) is 23.5 Å². The zero-order chi connectivity index (χ0) is 22.8. The average Bonchev–Trinajstić information content (AvgIpc) is 2.96. The molecule has 2 aliphatic carbocycles. The van der Waals surface area contributed by atoms with Gasteiger partial charge in [-0.25, -0.2) is 9.59 Å². The molecule has 1 N–H and O–H groups in total. The van der Waals surface area contributed by atoms with Crippen LogP contribution in [-0.2, 0) is 9.47 Å². The minimum Gasteiger partial charge on any atom is -0.465 e. The number of fused-ring (bicyclic) bond motifs is 1. The minimum atomic E-state index is -0.778. The van der Waals surface area contributed by atoms with Crippen LogP contribution in [0.3, 0.4) is 0 Å². The second kappa shape index (κ2) is 7.29. The fourth-order valence-corrected chi connectivity index (χ4v) is 5.58. The second-order valence-corrected chi connectivity index (χ2v) is 11.1. The number of esters is 1. The molecule has 1 amide bonds. The molecule has 1 aliphatic heterocycles. The molecular formula is C23H30BrNO6. The van der Waals surface area contributed by atoms with Crippen molar-refractivity contribution >= 4 is 28.0 Å². The van der Waals surface area contributed by atoms with Crippen LogP contribution in [0.4, 0.5) is 4.79 Å². The van der Waals surface area contributed by atoms with Crippen molar-refractivity contribution in [2.75, 3.05) is 7.11 Å². The summed E-state index contributed by atoms with van der Waals surface area (Å²) >= 11 is 3.50. The Bertz CT molecular complexity index is 925. The normalized spacial score (nSPS) is 30.9. The van der Waals surface area contributed by atoms with E-state index >= 15 is 0 Å². The number of methoxy groups -OCH3 is 1. The summed E-state index contributed by atoms with van der Waals surface area (Å²) in [6, 6.07) is 1.88. The lowest BCUT2D eigenvalue weighted by Crippen LogP contribution is -2.61. The summed E-state index contributed by atoms with van der Waals surface area (Å²) in [7, 11) is 1.36. The van der Waals surface area contributed by atoms with Crippen LogP contribution in [0, 0.1) is 18.3 Å². The minimum absolute atomic E-state index is 0.158. The second-order valence-electron chi connectivity index (χ2n) is 10.3. The van der Waals surface area contributed by atoms with Gasteiger partial charge in [0, 0.05) is 24.4 Å². The smallest absolute Gasteiger partial charge is 0.407 e. The number of halogens is 1. The Morgan fingerprint density at radius 3 is 2.35 bits per heavy atom. The predicted octanol–water partition coefficient (Wildman–Crippen LogP) is 5.12. The SMILES string of the molecule is COC(=O)c1cc(Br)c2c(c1C)OC(C)(C1CC3(CC(NC(=O)OC(C)(C)C)C3)C1)O2. The maximum absolute atomic E-state index is 12.1. The van der Waals surface area contributed by atoms with Gasteiger partial charge in [-0.3, -0.25) is 0 Å². The summed E-state index contributed by atoms with van der Waals surface area (Å²) in [4.78, 5) is 24.1. The van der Waals surface area contributed by atoms with Gasteiger partial charge in [-0.2, -0.15) is 0 Å². The molecule has 7 nitrogen and oxygen atoms in total. The highest BCUT2D eigenvalue weighted by Crippen LogP contribution is 2.63. The summed E-state index contributed by atoms with van der Waals surface area (Å²) in [5.41, 5.74) is 0.918. The van der Waals surface area contributed by atoms with E-state index in [9.17, 15) is 9.59 Å². The van der Waals surface area contributed by atoms with E-state index in [0.29, 0.717) is 27.1 Å². The number of carbonyl (C=O) groups excluding carboxylic acids is 2. The molecule has 2 saturated carbocycles. The summed E-state index contributed by atoms with van der Waals surface area (Å²) in [5, 5.41) is 2.97. The Morgan fingerprint density at radius 2 is 1.77 bits per heavy atom. The molecule has 1 aromatic rings. The number of ether oxygens (including phenoxy) is 4. The summed E-state index contributed by atoms with van der Waals surface area (Å²) in [6.45, 7) is 9.39. The largest absolute Gasteiger partial charge is 0.465 e. The molecule has 4 rings (SSSR count). The van der Waals surface area contributed by atoms with Crippen molar-refractivity contribution in [3.05, 3.63) is 21.7 Å². The van der Waals surface area contributed by atoms with E-state index in [2.05, 4.69) is 21.2 Å². The fraction of sp³-hybridized carbons (Fsp3) is 0.652. The number of carbonyl (C=O) groups is 2. The van der Waals surface area contributed by atoms with Crippen LogP contribution in [0.5, 0.6) is 11.5 Å². The Labute approximate surface area is 191 Å². The third-order valence-electron chi connectivity index (χ3n) is 6.63. The first-order valence-corrected chi connectivity index (χ1v) is 11.4. The quantitative estimate of drug-likeness (QED) is 0.586. The van der Waals surface area contributed by atoms with Gasteiger partial charge in [0.05, 0.1) is 17.1 Å². The van der Waals surface area contributed by atoms with Crippen molar-refractivity contribution in [1.29, 1.82) is 0 Å². The number of nitrogens with one attached hydrogen (secondary N) is 1. The molecule has 1 spiro atoms. The molecule has 0 aromatic heterocycles. The van der Waals surface area contributed by atoms with E-state index < -0.39 is 17.4 Å². The third-order valence-corrected chi connectivity index (χ3v) is 7.22. The molecule has 1 atom stereocenters. The monoisotopic (exact) mass is 495 g/mol. The number of benzene rings is 1. The number of alkyl carbamates (subject to hydrolysis) is 1. The Hall–Kier alpha value is -1.96. The van der Waals surface area contributed by atoms with Crippen molar-refractivity contribution in [2.45, 2.75) is 77.7 Å². The Kier molecular flexibility index (Phi) is 5.23. The van der Waals surface area contributed by atoms with Crippen molar-refractivity contribution in [2.24, 2.45) is 11.3 Å². The van der Waals surface area contributed by atoms with Crippen LogP contribution in [0.15, 0.2) is 10.5 Å². The van der Waals surface area contributed by atoms with Gasteiger partial charge >= 0.3 is 12.1 Å².